The van der Waals surface area contributed by atoms with E-state index in [1.54, 1.807) is 25.9 Å². The van der Waals surface area contributed by atoms with Crippen LogP contribution in [0.25, 0.3) is 0 Å². The van der Waals surface area contributed by atoms with Crippen molar-refractivity contribution < 1.29 is 9.90 Å². The topological polar surface area (TPSA) is 43.8 Å². The molecule has 4 nitrogen and oxygen atoms in total. The van der Waals surface area contributed by atoms with E-state index in [1.807, 2.05) is 54.6 Å². The van der Waals surface area contributed by atoms with Gasteiger partial charge in [-0.2, -0.15) is 0 Å². The number of nitrogens with zero attached hydrogens (tertiary/aromatic N) is 2. The first-order chi connectivity index (χ1) is 11.0. The van der Waals surface area contributed by atoms with Crippen LogP contribution in [0.2, 0.25) is 0 Å². The van der Waals surface area contributed by atoms with Crippen molar-refractivity contribution in [3.05, 3.63) is 65.7 Å². The number of hydrogen-bond acceptors (Lipinski definition) is 3. The van der Waals surface area contributed by atoms with Crippen LogP contribution < -0.4 is 4.90 Å². The first-order valence-corrected chi connectivity index (χ1v) is 7.76. The normalized spacial score (nSPS) is 11.8. The van der Waals surface area contributed by atoms with E-state index in [9.17, 15) is 9.90 Å². The van der Waals surface area contributed by atoms with Gasteiger partial charge in [0, 0.05) is 38.4 Å². The highest BCUT2D eigenvalue weighted by atomic mass is 16.3. The van der Waals surface area contributed by atoms with Gasteiger partial charge in [-0.15, -0.1) is 0 Å². The van der Waals surface area contributed by atoms with E-state index in [0.717, 1.165) is 11.3 Å². The van der Waals surface area contributed by atoms with Crippen LogP contribution in [0.4, 0.5) is 5.69 Å². The minimum atomic E-state index is -0.429. The molecule has 0 radical (unpaired) electrons. The summed E-state index contributed by atoms with van der Waals surface area (Å²) in [6, 6.07) is 17.6. The summed E-state index contributed by atoms with van der Waals surface area (Å²) in [5.74, 6) is -0.00589. The number of rotatable bonds is 6. The van der Waals surface area contributed by atoms with E-state index in [-0.39, 0.29) is 5.91 Å². The fraction of sp³-hybridized carbons (Fsp3) is 0.316. The Morgan fingerprint density at radius 3 is 2.39 bits per heavy atom. The molecular weight excluding hydrogens is 288 g/mol. The summed E-state index contributed by atoms with van der Waals surface area (Å²) < 4.78 is 0. The summed E-state index contributed by atoms with van der Waals surface area (Å²) in [6.45, 7) is 2.96. The van der Waals surface area contributed by atoms with Crippen molar-refractivity contribution in [2.45, 2.75) is 19.6 Å². The highest BCUT2D eigenvalue weighted by Crippen LogP contribution is 2.18. The van der Waals surface area contributed by atoms with Crippen LogP contribution in [0.5, 0.6) is 0 Å². The highest BCUT2D eigenvalue weighted by Gasteiger charge is 2.12. The molecule has 122 valence electrons. The molecule has 2 aromatic rings. The standard InChI is InChI=1S/C19H24N2O2/c1-15(22)13-21(18-10-5-4-6-11-18)14-16-8-7-9-17(12-16)19(23)20(2)3/h4-12,15,22H,13-14H2,1-3H3/t15-/m1/s1. The maximum absolute atomic E-state index is 12.1. The molecule has 1 amide bonds. The molecule has 0 aliphatic heterocycles. The Balaban J connectivity index is 2.23. The lowest BCUT2D eigenvalue weighted by Gasteiger charge is -2.26. The number of para-hydroxylation sites is 1. The van der Waals surface area contributed by atoms with Crippen LogP contribution in [-0.4, -0.2) is 42.7 Å². The predicted octanol–water partition coefficient (Wildman–Crippen LogP) is 2.78. The smallest absolute Gasteiger partial charge is 0.253 e. The van der Waals surface area contributed by atoms with Crippen LogP contribution in [-0.2, 0) is 6.54 Å². The van der Waals surface area contributed by atoms with Crippen molar-refractivity contribution in [2.24, 2.45) is 0 Å². The highest BCUT2D eigenvalue weighted by molar-refractivity contribution is 5.94. The lowest BCUT2D eigenvalue weighted by atomic mass is 10.1. The Bertz CT molecular complexity index is 639. The Morgan fingerprint density at radius 1 is 1.09 bits per heavy atom. The molecule has 0 aliphatic rings. The van der Waals surface area contributed by atoms with Gasteiger partial charge in [0.05, 0.1) is 6.10 Å². The molecule has 0 spiro atoms. The molecule has 4 heteroatoms. The zero-order valence-electron chi connectivity index (χ0n) is 13.9. The Hall–Kier alpha value is -2.33. The molecule has 1 N–H and O–H groups in total. The lowest BCUT2D eigenvalue weighted by Crippen LogP contribution is -2.30. The van der Waals surface area contributed by atoms with Gasteiger partial charge in [-0.1, -0.05) is 30.3 Å². The van der Waals surface area contributed by atoms with Gasteiger partial charge in [0.15, 0.2) is 0 Å². The number of amides is 1. The quantitative estimate of drug-likeness (QED) is 0.892. The fourth-order valence-corrected chi connectivity index (χ4v) is 2.50. The number of hydrogen-bond donors (Lipinski definition) is 1. The van der Waals surface area contributed by atoms with E-state index in [1.165, 1.54) is 0 Å². The Morgan fingerprint density at radius 2 is 1.78 bits per heavy atom. The van der Waals surface area contributed by atoms with Crippen molar-refractivity contribution in [3.63, 3.8) is 0 Å². The third kappa shape index (κ3) is 4.83. The number of carbonyl (C=O) groups excluding carboxylic acids is 1. The third-order valence-corrected chi connectivity index (χ3v) is 3.56. The fourth-order valence-electron chi connectivity index (χ4n) is 2.50. The van der Waals surface area contributed by atoms with Gasteiger partial charge in [-0.3, -0.25) is 4.79 Å². The summed E-state index contributed by atoms with van der Waals surface area (Å²) in [5, 5.41) is 9.78. The maximum atomic E-state index is 12.1. The molecule has 0 unspecified atom stereocenters. The van der Waals surface area contributed by atoms with Gasteiger partial charge >= 0.3 is 0 Å². The predicted molar refractivity (Wildman–Crippen MR) is 93.6 cm³/mol. The molecule has 23 heavy (non-hydrogen) atoms. The minimum absolute atomic E-state index is 0.00589. The number of benzene rings is 2. The summed E-state index contributed by atoms with van der Waals surface area (Å²) in [7, 11) is 3.50. The second-order valence-electron chi connectivity index (χ2n) is 5.97. The molecule has 2 aromatic carbocycles. The Kier molecular flexibility index (Phi) is 5.77. The number of anilines is 1. The molecule has 0 aliphatic carbocycles. The van der Waals surface area contributed by atoms with Gasteiger partial charge in [0.2, 0.25) is 0 Å². The van der Waals surface area contributed by atoms with Crippen LogP contribution in [0.15, 0.2) is 54.6 Å². The number of aliphatic hydroxyl groups excluding tert-OH is 1. The molecule has 0 aromatic heterocycles. The number of aliphatic hydroxyl groups is 1. The molecule has 0 fully saturated rings. The minimum Gasteiger partial charge on any atom is -0.392 e. The SMILES string of the molecule is C[C@@H](O)CN(Cc1cccc(C(=O)N(C)C)c1)c1ccccc1. The molecule has 1 atom stereocenters. The van der Waals surface area contributed by atoms with Gasteiger partial charge in [0.1, 0.15) is 0 Å². The van der Waals surface area contributed by atoms with E-state index in [4.69, 9.17) is 0 Å². The summed E-state index contributed by atoms with van der Waals surface area (Å²) in [6.07, 6.45) is -0.429. The summed E-state index contributed by atoms with van der Waals surface area (Å²) in [4.78, 5) is 15.8. The van der Waals surface area contributed by atoms with Crippen molar-refractivity contribution >= 4 is 11.6 Å². The zero-order valence-corrected chi connectivity index (χ0v) is 13.9. The van der Waals surface area contributed by atoms with Gasteiger partial charge < -0.3 is 14.9 Å². The first kappa shape index (κ1) is 17.0. The maximum Gasteiger partial charge on any atom is 0.253 e. The van der Waals surface area contributed by atoms with E-state index >= 15 is 0 Å². The molecule has 0 saturated carbocycles. The molecule has 0 heterocycles. The van der Waals surface area contributed by atoms with Gasteiger partial charge in [0.25, 0.3) is 5.91 Å². The zero-order chi connectivity index (χ0) is 16.8. The van der Waals surface area contributed by atoms with Crippen molar-refractivity contribution in [2.75, 3.05) is 25.5 Å². The third-order valence-electron chi connectivity index (χ3n) is 3.56. The van der Waals surface area contributed by atoms with Crippen molar-refractivity contribution in [3.8, 4) is 0 Å². The average Bonchev–Trinajstić information content (AvgIpc) is 2.54. The molecule has 2 rings (SSSR count). The van der Waals surface area contributed by atoms with Gasteiger partial charge in [-0.05, 0) is 36.8 Å². The lowest BCUT2D eigenvalue weighted by molar-refractivity contribution is 0.0827. The molecule has 0 bridgehead atoms. The van der Waals surface area contributed by atoms with Crippen LogP contribution in [0.1, 0.15) is 22.8 Å². The van der Waals surface area contributed by atoms with E-state index in [0.29, 0.717) is 18.7 Å². The molecular formula is C19H24N2O2. The van der Waals surface area contributed by atoms with Crippen LogP contribution >= 0.6 is 0 Å². The number of carbonyl (C=O) groups is 1. The van der Waals surface area contributed by atoms with Crippen molar-refractivity contribution in [1.29, 1.82) is 0 Å². The second-order valence-corrected chi connectivity index (χ2v) is 5.97. The Labute approximate surface area is 138 Å². The first-order valence-electron chi connectivity index (χ1n) is 7.76. The van der Waals surface area contributed by atoms with Crippen molar-refractivity contribution in [1.82, 2.24) is 4.90 Å². The summed E-state index contributed by atoms with van der Waals surface area (Å²) >= 11 is 0. The van der Waals surface area contributed by atoms with Gasteiger partial charge in [-0.25, -0.2) is 0 Å². The van der Waals surface area contributed by atoms with E-state index in [2.05, 4.69) is 4.90 Å². The van der Waals surface area contributed by atoms with E-state index < -0.39 is 6.10 Å². The monoisotopic (exact) mass is 312 g/mol. The molecule has 0 saturated heterocycles. The average molecular weight is 312 g/mol. The summed E-state index contributed by atoms with van der Waals surface area (Å²) in [5.41, 5.74) is 2.78. The van der Waals surface area contributed by atoms with Crippen LogP contribution in [0.3, 0.4) is 0 Å². The van der Waals surface area contributed by atoms with Crippen LogP contribution in [0, 0.1) is 0 Å². The largest absolute Gasteiger partial charge is 0.392 e. The second kappa shape index (κ2) is 7.79.